The summed E-state index contributed by atoms with van der Waals surface area (Å²) in [6.07, 6.45) is 0. The van der Waals surface area contributed by atoms with Gasteiger partial charge in [0.05, 0.1) is 0 Å². The number of nitrogens with one attached hydrogen (secondary N) is 1. The highest BCUT2D eigenvalue weighted by Gasteiger charge is 2.10. The molecule has 1 aliphatic rings. The fourth-order valence-corrected chi connectivity index (χ4v) is 2.61. The molecule has 0 aliphatic carbocycles. The highest BCUT2D eigenvalue weighted by Crippen LogP contribution is 2.09. The molecule has 1 fully saturated rings. The van der Waals surface area contributed by atoms with Crippen LogP contribution in [-0.4, -0.2) is 52.8 Å². The molecule has 0 unspecified atom stereocenters. The van der Waals surface area contributed by atoms with Gasteiger partial charge in [0.2, 0.25) is 5.89 Å². The fraction of sp³-hybridized carbons (Fsp3) is 0.778. The van der Waals surface area contributed by atoms with Crippen molar-refractivity contribution in [3.05, 3.63) is 5.89 Å². The third kappa shape index (κ3) is 3.54. The van der Waals surface area contributed by atoms with Crippen LogP contribution in [0.5, 0.6) is 0 Å². The SMILES string of the molecule is ClCc1nnc(NCCN2CCSCC2)o1. The van der Waals surface area contributed by atoms with Gasteiger partial charge in [0.1, 0.15) is 5.88 Å². The summed E-state index contributed by atoms with van der Waals surface area (Å²) in [5, 5.41) is 10.7. The van der Waals surface area contributed by atoms with Crippen molar-refractivity contribution in [2.45, 2.75) is 5.88 Å². The summed E-state index contributed by atoms with van der Waals surface area (Å²) >= 11 is 7.58. The Hall–Kier alpha value is -0.460. The first kappa shape index (κ1) is 12.0. The number of nitrogens with zero attached hydrogens (tertiary/aromatic N) is 3. The van der Waals surface area contributed by atoms with Crippen LogP contribution in [0.3, 0.4) is 0 Å². The van der Waals surface area contributed by atoms with E-state index < -0.39 is 0 Å². The second-order valence-corrected chi connectivity index (χ2v) is 5.01. The Morgan fingerprint density at radius 3 is 2.88 bits per heavy atom. The topological polar surface area (TPSA) is 54.2 Å². The molecule has 1 N–H and O–H groups in total. The number of rotatable bonds is 5. The van der Waals surface area contributed by atoms with Crippen LogP contribution in [0.1, 0.15) is 5.89 Å². The van der Waals surface area contributed by atoms with E-state index in [2.05, 4.69) is 20.4 Å². The van der Waals surface area contributed by atoms with Crippen LogP contribution in [0.2, 0.25) is 0 Å². The molecule has 16 heavy (non-hydrogen) atoms. The van der Waals surface area contributed by atoms with Crippen molar-refractivity contribution in [2.24, 2.45) is 0 Å². The van der Waals surface area contributed by atoms with E-state index in [9.17, 15) is 0 Å². The van der Waals surface area contributed by atoms with Gasteiger partial charge in [-0.3, -0.25) is 4.90 Å². The molecular formula is C9H15ClN4OS. The van der Waals surface area contributed by atoms with Crippen molar-refractivity contribution in [3.63, 3.8) is 0 Å². The predicted molar refractivity (Wildman–Crippen MR) is 66.1 cm³/mol. The van der Waals surface area contributed by atoms with Crippen LogP contribution in [0, 0.1) is 0 Å². The lowest BCUT2D eigenvalue weighted by molar-refractivity contribution is 0.313. The van der Waals surface area contributed by atoms with E-state index in [1.807, 2.05) is 11.8 Å². The molecular weight excluding hydrogens is 248 g/mol. The van der Waals surface area contributed by atoms with Gasteiger partial charge in [-0.1, -0.05) is 5.10 Å². The standard InChI is InChI=1S/C9H15ClN4OS/c10-7-8-12-13-9(15-8)11-1-2-14-3-5-16-6-4-14/h1-7H2,(H,11,13). The Morgan fingerprint density at radius 2 is 2.19 bits per heavy atom. The van der Waals surface area contributed by atoms with Crippen LogP contribution in [-0.2, 0) is 5.88 Å². The van der Waals surface area contributed by atoms with Gasteiger partial charge in [-0.2, -0.15) is 11.8 Å². The molecule has 1 aromatic heterocycles. The lowest BCUT2D eigenvalue weighted by Crippen LogP contribution is -2.36. The summed E-state index contributed by atoms with van der Waals surface area (Å²) < 4.78 is 5.23. The Labute approximate surface area is 104 Å². The summed E-state index contributed by atoms with van der Waals surface area (Å²) in [4.78, 5) is 2.43. The smallest absolute Gasteiger partial charge is 0.315 e. The van der Waals surface area contributed by atoms with Crippen molar-refractivity contribution in [3.8, 4) is 0 Å². The summed E-state index contributed by atoms with van der Waals surface area (Å²) in [6, 6.07) is 0.460. The fourth-order valence-electron chi connectivity index (χ4n) is 1.52. The number of hydrogen-bond donors (Lipinski definition) is 1. The molecule has 0 bridgehead atoms. The molecule has 0 atom stereocenters. The maximum atomic E-state index is 5.56. The zero-order valence-electron chi connectivity index (χ0n) is 8.99. The van der Waals surface area contributed by atoms with E-state index >= 15 is 0 Å². The lowest BCUT2D eigenvalue weighted by atomic mass is 10.4. The maximum absolute atomic E-state index is 5.56. The Bertz CT molecular complexity index is 316. The van der Waals surface area contributed by atoms with Gasteiger partial charge in [0.25, 0.3) is 0 Å². The van der Waals surface area contributed by atoms with Gasteiger partial charge < -0.3 is 9.73 Å². The predicted octanol–water partition coefficient (Wildman–Crippen LogP) is 1.27. The van der Waals surface area contributed by atoms with Crippen molar-refractivity contribution in [1.29, 1.82) is 0 Å². The molecule has 2 rings (SSSR count). The van der Waals surface area contributed by atoms with Crippen molar-refractivity contribution < 1.29 is 4.42 Å². The minimum absolute atomic E-state index is 0.262. The Morgan fingerprint density at radius 1 is 1.38 bits per heavy atom. The van der Waals surface area contributed by atoms with E-state index in [-0.39, 0.29) is 5.88 Å². The number of alkyl halides is 1. The molecule has 90 valence electrons. The monoisotopic (exact) mass is 262 g/mol. The third-order valence-corrected chi connectivity index (χ3v) is 3.56. The zero-order chi connectivity index (χ0) is 11.2. The van der Waals surface area contributed by atoms with E-state index in [0.717, 1.165) is 13.1 Å². The average Bonchev–Trinajstić information content (AvgIpc) is 2.78. The van der Waals surface area contributed by atoms with Crippen LogP contribution in [0.15, 0.2) is 4.42 Å². The first-order valence-electron chi connectivity index (χ1n) is 5.31. The number of hydrogen-bond acceptors (Lipinski definition) is 6. The summed E-state index contributed by atoms with van der Waals surface area (Å²) in [6.45, 7) is 4.18. The normalized spacial score (nSPS) is 17.6. The van der Waals surface area contributed by atoms with Crippen molar-refractivity contribution >= 4 is 29.4 Å². The van der Waals surface area contributed by atoms with Gasteiger partial charge in [0, 0.05) is 37.7 Å². The number of thioether (sulfide) groups is 1. The second kappa shape index (κ2) is 6.32. The first-order valence-corrected chi connectivity index (χ1v) is 7.00. The minimum atomic E-state index is 0.262. The van der Waals surface area contributed by atoms with Crippen LogP contribution < -0.4 is 5.32 Å². The molecule has 2 heterocycles. The van der Waals surface area contributed by atoms with Crippen LogP contribution in [0.4, 0.5) is 6.01 Å². The summed E-state index contributed by atoms with van der Waals surface area (Å²) in [7, 11) is 0. The quantitative estimate of drug-likeness (QED) is 0.807. The zero-order valence-corrected chi connectivity index (χ0v) is 10.6. The number of aromatic nitrogens is 2. The maximum Gasteiger partial charge on any atom is 0.315 e. The van der Waals surface area contributed by atoms with E-state index in [1.54, 1.807) is 0 Å². The van der Waals surface area contributed by atoms with E-state index in [1.165, 1.54) is 24.6 Å². The highest BCUT2D eigenvalue weighted by atomic mass is 35.5. The van der Waals surface area contributed by atoms with Crippen molar-refractivity contribution in [2.75, 3.05) is 43.0 Å². The molecule has 5 nitrogen and oxygen atoms in total. The molecule has 7 heteroatoms. The summed E-state index contributed by atoms with van der Waals surface area (Å²) in [5.41, 5.74) is 0. The van der Waals surface area contributed by atoms with Gasteiger partial charge in [-0.15, -0.1) is 16.7 Å². The highest BCUT2D eigenvalue weighted by molar-refractivity contribution is 7.99. The molecule has 0 amide bonds. The molecule has 1 aromatic rings. The average molecular weight is 263 g/mol. The third-order valence-electron chi connectivity index (χ3n) is 2.39. The number of halogens is 1. The minimum Gasteiger partial charge on any atom is -0.407 e. The largest absolute Gasteiger partial charge is 0.407 e. The lowest BCUT2D eigenvalue weighted by Gasteiger charge is -2.25. The Balaban J connectivity index is 1.66. The van der Waals surface area contributed by atoms with Crippen LogP contribution >= 0.6 is 23.4 Å². The molecule has 0 saturated carbocycles. The number of anilines is 1. The molecule has 0 aromatic carbocycles. The molecule has 0 radical (unpaired) electrons. The second-order valence-electron chi connectivity index (χ2n) is 3.52. The summed E-state index contributed by atoms with van der Waals surface area (Å²) in [5.74, 6) is 3.19. The van der Waals surface area contributed by atoms with Gasteiger partial charge in [-0.05, 0) is 0 Å². The van der Waals surface area contributed by atoms with E-state index in [0.29, 0.717) is 11.9 Å². The molecule has 1 saturated heterocycles. The van der Waals surface area contributed by atoms with Gasteiger partial charge >= 0.3 is 6.01 Å². The Kier molecular flexibility index (Phi) is 4.74. The van der Waals surface area contributed by atoms with Gasteiger partial charge in [-0.25, -0.2) is 0 Å². The molecule has 1 aliphatic heterocycles. The van der Waals surface area contributed by atoms with Crippen LogP contribution in [0.25, 0.3) is 0 Å². The van der Waals surface area contributed by atoms with Gasteiger partial charge in [0.15, 0.2) is 0 Å². The molecule has 0 spiro atoms. The van der Waals surface area contributed by atoms with E-state index in [4.69, 9.17) is 16.0 Å². The van der Waals surface area contributed by atoms with Crippen molar-refractivity contribution in [1.82, 2.24) is 15.1 Å². The first-order chi connectivity index (χ1) is 7.88.